The van der Waals surface area contributed by atoms with Gasteiger partial charge in [-0.3, -0.25) is 4.79 Å². The highest BCUT2D eigenvalue weighted by molar-refractivity contribution is 6.01. The lowest BCUT2D eigenvalue weighted by Gasteiger charge is -2.25. The fraction of sp³-hybridized carbons (Fsp3) is 0.235. The van der Waals surface area contributed by atoms with Crippen LogP contribution in [0.25, 0.3) is 0 Å². The number of ether oxygens (including phenoxy) is 1. The summed E-state index contributed by atoms with van der Waals surface area (Å²) in [6.45, 7) is 0.623. The molecule has 21 heavy (non-hydrogen) atoms. The van der Waals surface area contributed by atoms with Crippen molar-refractivity contribution < 1.29 is 13.9 Å². The Morgan fingerprint density at radius 1 is 1.19 bits per heavy atom. The Morgan fingerprint density at radius 2 is 1.95 bits per heavy atom. The SMILES string of the molecule is COc1cccc(C(=O)C2Cc3ccccc3CN2)c1F. The van der Waals surface area contributed by atoms with E-state index in [1.165, 1.54) is 24.8 Å². The molecule has 0 fully saturated rings. The second-order valence-electron chi connectivity index (χ2n) is 5.09. The Bertz CT molecular complexity index is 684. The number of carbonyl (C=O) groups excluding carboxylic acids is 1. The molecule has 0 aromatic heterocycles. The first kappa shape index (κ1) is 13.8. The topological polar surface area (TPSA) is 38.3 Å². The van der Waals surface area contributed by atoms with Gasteiger partial charge in [0, 0.05) is 6.54 Å². The standard InChI is InChI=1S/C17H16FNO2/c1-21-15-8-4-7-13(16(15)18)17(20)14-9-11-5-2-3-6-12(11)10-19-14/h2-8,14,19H,9-10H2,1H3. The van der Waals surface area contributed by atoms with E-state index in [0.717, 1.165) is 5.56 Å². The van der Waals surface area contributed by atoms with E-state index in [9.17, 15) is 9.18 Å². The molecule has 108 valence electrons. The molecule has 1 N–H and O–H groups in total. The van der Waals surface area contributed by atoms with Crippen LogP contribution in [0, 0.1) is 5.82 Å². The fourth-order valence-corrected chi connectivity index (χ4v) is 2.69. The number of halogens is 1. The number of hydrogen-bond donors (Lipinski definition) is 1. The van der Waals surface area contributed by atoms with Gasteiger partial charge in [-0.2, -0.15) is 0 Å². The molecule has 0 radical (unpaired) electrons. The van der Waals surface area contributed by atoms with Gasteiger partial charge in [0.1, 0.15) is 0 Å². The van der Waals surface area contributed by atoms with Crippen molar-refractivity contribution >= 4 is 5.78 Å². The molecule has 3 nitrogen and oxygen atoms in total. The first-order chi connectivity index (χ1) is 10.2. The second-order valence-corrected chi connectivity index (χ2v) is 5.09. The maximum Gasteiger partial charge on any atom is 0.183 e. The van der Waals surface area contributed by atoms with Crippen molar-refractivity contribution in [3.63, 3.8) is 0 Å². The van der Waals surface area contributed by atoms with Gasteiger partial charge in [-0.1, -0.05) is 30.3 Å². The molecule has 0 saturated carbocycles. The van der Waals surface area contributed by atoms with E-state index >= 15 is 0 Å². The average Bonchev–Trinajstić information content (AvgIpc) is 2.54. The van der Waals surface area contributed by atoms with Crippen molar-refractivity contribution in [2.75, 3.05) is 7.11 Å². The van der Waals surface area contributed by atoms with E-state index < -0.39 is 11.9 Å². The normalized spacial score (nSPS) is 17.1. The molecule has 2 aromatic rings. The third-order valence-electron chi connectivity index (χ3n) is 3.85. The van der Waals surface area contributed by atoms with Gasteiger partial charge in [0.2, 0.25) is 0 Å². The summed E-state index contributed by atoms with van der Waals surface area (Å²) in [7, 11) is 1.39. The average molecular weight is 285 g/mol. The molecule has 2 aromatic carbocycles. The summed E-state index contributed by atoms with van der Waals surface area (Å²) in [6, 6.07) is 12.2. The van der Waals surface area contributed by atoms with Crippen LogP contribution in [0.15, 0.2) is 42.5 Å². The fourth-order valence-electron chi connectivity index (χ4n) is 2.69. The summed E-state index contributed by atoms with van der Waals surface area (Å²) in [4.78, 5) is 12.5. The number of fused-ring (bicyclic) bond motifs is 1. The van der Waals surface area contributed by atoms with Gasteiger partial charge in [-0.25, -0.2) is 4.39 Å². The van der Waals surface area contributed by atoms with E-state index in [1.54, 1.807) is 6.07 Å². The van der Waals surface area contributed by atoms with Crippen LogP contribution in [-0.2, 0) is 13.0 Å². The van der Waals surface area contributed by atoms with E-state index in [4.69, 9.17) is 4.74 Å². The number of hydrogen-bond acceptors (Lipinski definition) is 3. The predicted octanol–water partition coefficient (Wildman–Crippen LogP) is 2.73. The zero-order chi connectivity index (χ0) is 14.8. The van der Waals surface area contributed by atoms with Crippen LogP contribution in [-0.4, -0.2) is 18.9 Å². The quantitative estimate of drug-likeness (QED) is 0.881. The first-order valence-corrected chi connectivity index (χ1v) is 6.87. The smallest absolute Gasteiger partial charge is 0.183 e. The lowest BCUT2D eigenvalue weighted by atomic mass is 9.91. The van der Waals surface area contributed by atoms with Gasteiger partial charge < -0.3 is 10.1 Å². The number of methoxy groups -OCH3 is 1. The van der Waals surface area contributed by atoms with E-state index in [1.807, 2.05) is 24.3 Å². The highest BCUT2D eigenvalue weighted by Gasteiger charge is 2.27. The van der Waals surface area contributed by atoms with Crippen LogP contribution in [0.5, 0.6) is 5.75 Å². The zero-order valence-corrected chi connectivity index (χ0v) is 11.7. The molecule has 0 saturated heterocycles. The van der Waals surface area contributed by atoms with Gasteiger partial charge in [0.25, 0.3) is 0 Å². The maximum atomic E-state index is 14.2. The zero-order valence-electron chi connectivity index (χ0n) is 11.7. The number of rotatable bonds is 3. The maximum absolute atomic E-state index is 14.2. The van der Waals surface area contributed by atoms with Gasteiger partial charge in [0.15, 0.2) is 17.3 Å². The van der Waals surface area contributed by atoms with Crippen LogP contribution < -0.4 is 10.1 Å². The van der Waals surface area contributed by atoms with Gasteiger partial charge in [-0.05, 0) is 29.7 Å². The summed E-state index contributed by atoms with van der Waals surface area (Å²) >= 11 is 0. The van der Waals surface area contributed by atoms with E-state index in [0.29, 0.717) is 13.0 Å². The lowest BCUT2D eigenvalue weighted by molar-refractivity contribution is 0.0933. The molecule has 0 bridgehead atoms. The minimum atomic E-state index is -0.592. The molecular formula is C17H16FNO2. The van der Waals surface area contributed by atoms with Crippen molar-refractivity contribution in [1.29, 1.82) is 0 Å². The number of benzene rings is 2. The van der Waals surface area contributed by atoms with Crippen LogP contribution in [0.4, 0.5) is 4.39 Å². The molecule has 1 heterocycles. The van der Waals surface area contributed by atoms with Gasteiger partial charge in [-0.15, -0.1) is 0 Å². The van der Waals surface area contributed by atoms with Crippen LogP contribution >= 0.6 is 0 Å². The number of Topliss-reactive ketones (excluding diaryl/α,β-unsaturated/α-hetero) is 1. The van der Waals surface area contributed by atoms with E-state index in [2.05, 4.69) is 5.32 Å². The molecule has 1 aliphatic heterocycles. The third kappa shape index (κ3) is 2.54. The third-order valence-corrected chi connectivity index (χ3v) is 3.85. The van der Waals surface area contributed by atoms with Crippen LogP contribution in [0.2, 0.25) is 0 Å². The summed E-state index contributed by atoms with van der Waals surface area (Å²) in [5, 5.41) is 3.18. The molecule has 1 aliphatic rings. The number of carbonyl (C=O) groups is 1. The van der Waals surface area contributed by atoms with Crippen molar-refractivity contribution in [3.05, 3.63) is 65.0 Å². The van der Waals surface area contributed by atoms with Gasteiger partial charge >= 0.3 is 0 Å². The monoisotopic (exact) mass is 285 g/mol. The first-order valence-electron chi connectivity index (χ1n) is 6.87. The Balaban J connectivity index is 1.87. The summed E-state index contributed by atoms with van der Waals surface area (Å²) in [5.41, 5.74) is 2.40. The second kappa shape index (κ2) is 5.66. The molecular weight excluding hydrogens is 269 g/mol. The van der Waals surface area contributed by atoms with Crippen molar-refractivity contribution in [1.82, 2.24) is 5.32 Å². The van der Waals surface area contributed by atoms with Gasteiger partial charge in [0.05, 0.1) is 18.7 Å². The minimum Gasteiger partial charge on any atom is -0.494 e. The molecule has 0 spiro atoms. The highest BCUT2D eigenvalue weighted by atomic mass is 19.1. The number of nitrogens with one attached hydrogen (secondary N) is 1. The molecule has 0 aliphatic carbocycles. The van der Waals surface area contributed by atoms with Crippen LogP contribution in [0.3, 0.4) is 0 Å². The molecule has 1 unspecified atom stereocenters. The Labute approximate surface area is 122 Å². The molecule has 1 atom stereocenters. The molecule has 0 amide bonds. The summed E-state index contributed by atoms with van der Waals surface area (Å²) < 4.78 is 19.1. The number of ketones is 1. The lowest BCUT2D eigenvalue weighted by Crippen LogP contribution is -2.42. The molecule has 4 heteroatoms. The van der Waals surface area contributed by atoms with Crippen molar-refractivity contribution in [2.24, 2.45) is 0 Å². The predicted molar refractivity (Wildman–Crippen MR) is 78.1 cm³/mol. The van der Waals surface area contributed by atoms with Crippen molar-refractivity contribution in [3.8, 4) is 5.75 Å². The molecule has 3 rings (SSSR count). The Kier molecular flexibility index (Phi) is 3.71. The minimum absolute atomic E-state index is 0.0752. The van der Waals surface area contributed by atoms with E-state index in [-0.39, 0.29) is 17.1 Å². The Hall–Kier alpha value is -2.20. The van der Waals surface area contributed by atoms with Crippen molar-refractivity contribution in [2.45, 2.75) is 19.0 Å². The Morgan fingerprint density at radius 3 is 2.71 bits per heavy atom. The summed E-state index contributed by atoms with van der Waals surface area (Å²) in [6.07, 6.45) is 0.575. The largest absolute Gasteiger partial charge is 0.494 e. The highest BCUT2D eigenvalue weighted by Crippen LogP contribution is 2.24. The summed E-state index contributed by atoms with van der Waals surface area (Å²) in [5.74, 6) is -0.733. The van der Waals surface area contributed by atoms with Crippen LogP contribution in [0.1, 0.15) is 21.5 Å².